The number of anilines is 2. The molecule has 0 aromatic heterocycles. The number of hydrogen-bond donors (Lipinski definition) is 1. The first kappa shape index (κ1) is 25.2. The van der Waals surface area contributed by atoms with Gasteiger partial charge in [0.2, 0.25) is 0 Å². The molecule has 0 radical (unpaired) electrons. The second kappa shape index (κ2) is 11.7. The molecule has 0 saturated carbocycles. The minimum absolute atomic E-state index is 0.208. The van der Waals surface area contributed by atoms with Gasteiger partial charge in [-0.15, -0.1) is 11.8 Å². The highest BCUT2D eigenvalue weighted by molar-refractivity contribution is 7.99. The van der Waals surface area contributed by atoms with E-state index in [9.17, 15) is 13.2 Å². The standard InChI is InChI=1S/C26H29N3O4S2/c1-33-26(30)24-20-23(34-19-14-21-8-4-2-5-9-21)12-13-25(24)29(22-10-6-3-7-11-22)35(31,32)28-17-15-27-16-18-28/h2-13,20,27H,14-19H2,1H3. The highest BCUT2D eigenvalue weighted by atomic mass is 32.2. The van der Waals surface area contributed by atoms with Crippen LogP contribution in [0.3, 0.4) is 0 Å². The van der Waals surface area contributed by atoms with E-state index in [-0.39, 0.29) is 11.3 Å². The lowest BCUT2D eigenvalue weighted by Crippen LogP contribution is -2.51. The van der Waals surface area contributed by atoms with E-state index in [2.05, 4.69) is 17.4 Å². The van der Waals surface area contributed by atoms with Crippen molar-refractivity contribution in [2.24, 2.45) is 0 Å². The minimum atomic E-state index is -3.95. The number of thioether (sulfide) groups is 1. The number of esters is 1. The Labute approximate surface area is 211 Å². The summed E-state index contributed by atoms with van der Waals surface area (Å²) in [6.07, 6.45) is 0.883. The fourth-order valence-corrected chi connectivity index (χ4v) is 6.55. The van der Waals surface area contributed by atoms with Gasteiger partial charge in [0.25, 0.3) is 0 Å². The molecule has 3 aromatic rings. The van der Waals surface area contributed by atoms with Gasteiger partial charge < -0.3 is 10.1 Å². The molecular formula is C26H29N3O4S2. The summed E-state index contributed by atoms with van der Waals surface area (Å²) in [5.41, 5.74) is 2.18. The normalized spacial score (nSPS) is 14.4. The van der Waals surface area contributed by atoms with Crippen molar-refractivity contribution in [2.75, 3.05) is 43.3 Å². The van der Waals surface area contributed by atoms with E-state index in [4.69, 9.17) is 4.74 Å². The van der Waals surface area contributed by atoms with Crippen molar-refractivity contribution in [1.82, 2.24) is 9.62 Å². The van der Waals surface area contributed by atoms with Gasteiger partial charge >= 0.3 is 16.2 Å². The van der Waals surface area contributed by atoms with Gasteiger partial charge in [-0.3, -0.25) is 0 Å². The lowest BCUT2D eigenvalue weighted by molar-refractivity contribution is 0.0601. The third-order valence-corrected chi connectivity index (χ3v) is 8.60. The van der Waals surface area contributed by atoms with Gasteiger partial charge in [-0.2, -0.15) is 12.7 Å². The average molecular weight is 512 g/mol. The number of piperazine rings is 1. The number of nitrogens with zero attached hydrogens (tertiary/aromatic N) is 2. The second-order valence-electron chi connectivity index (χ2n) is 8.01. The van der Waals surface area contributed by atoms with Gasteiger partial charge in [0, 0.05) is 36.8 Å². The number of para-hydroxylation sites is 1. The third kappa shape index (κ3) is 6.05. The Morgan fingerprint density at radius 1 is 1.00 bits per heavy atom. The molecule has 0 atom stereocenters. The molecule has 1 N–H and O–H groups in total. The number of carbonyl (C=O) groups excluding carboxylic acids is 1. The topological polar surface area (TPSA) is 79.0 Å². The van der Waals surface area contributed by atoms with E-state index in [0.29, 0.717) is 31.9 Å². The van der Waals surface area contributed by atoms with Crippen LogP contribution in [0.25, 0.3) is 0 Å². The lowest BCUT2D eigenvalue weighted by Gasteiger charge is -2.34. The monoisotopic (exact) mass is 511 g/mol. The van der Waals surface area contributed by atoms with Crippen LogP contribution in [0.4, 0.5) is 11.4 Å². The zero-order valence-electron chi connectivity index (χ0n) is 19.6. The van der Waals surface area contributed by atoms with Crippen LogP contribution >= 0.6 is 11.8 Å². The van der Waals surface area contributed by atoms with Crippen molar-refractivity contribution in [3.8, 4) is 0 Å². The summed E-state index contributed by atoms with van der Waals surface area (Å²) in [7, 11) is -2.64. The molecule has 0 bridgehead atoms. The van der Waals surface area contributed by atoms with Gasteiger partial charge in [0.05, 0.1) is 24.0 Å². The highest BCUT2D eigenvalue weighted by Gasteiger charge is 2.34. The Balaban J connectivity index is 1.69. The van der Waals surface area contributed by atoms with E-state index in [0.717, 1.165) is 17.1 Å². The summed E-state index contributed by atoms with van der Waals surface area (Å²) in [5.74, 6) is 0.243. The molecule has 1 aliphatic rings. The Bertz CT molecular complexity index is 1230. The predicted molar refractivity (Wildman–Crippen MR) is 141 cm³/mol. The molecule has 1 aliphatic heterocycles. The molecule has 0 aliphatic carbocycles. The van der Waals surface area contributed by atoms with Crippen molar-refractivity contribution >= 4 is 39.3 Å². The zero-order chi connectivity index (χ0) is 24.7. The molecule has 35 heavy (non-hydrogen) atoms. The van der Waals surface area contributed by atoms with E-state index in [1.165, 1.54) is 21.3 Å². The first-order valence-electron chi connectivity index (χ1n) is 11.5. The third-order valence-electron chi connectivity index (χ3n) is 5.72. The number of hydrogen-bond acceptors (Lipinski definition) is 6. The molecular weight excluding hydrogens is 482 g/mol. The van der Waals surface area contributed by atoms with Gasteiger partial charge in [-0.05, 0) is 42.3 Å². The van der Waals surface area contributed by atoms with Crippen LogP contribution in [-0.4, -0.2) is 57.7 Å². The van der Waals surface area contributed by atoms with Crippen LogP contribution in [0.2, 0.25) is 0 Å². The van der Waals surface area contributed by atoms with E-state index in [1.807, 2.05) is 30.3 Å². The van der Waals surface area contributed by atoms with Crippen LogP contribution in [0.5, 0.6) is 0 Å². The van der Waals surface area contributed by atoms with Crippen LogP contribution in [-0.2, 0) is 21.4 Å². The number of aryl methyl sites for hydroxylation is 1. The predicted octanol–water partition coefficient (Wildman–Crippen LogP) is 4.10. The molecule has 4 rings (SSSR count). The summed E-state index contributed by atoms with van der Waals surface area (Å²) >= 11 is 1.61. The van der Waals surface area contributed by atoms with Crippen LogP contribution < -0.4 is 9.62 Å². The molecule has 0 amide bonds. The van der Waals surface area contributed by atoms with Crippen LogP contribution in [0, 0.1) is 0 Å². The van der Waals surface area contributed by atoms with E-state index >= 15 is 0 Å². The largest absolute Gasteiger partial charge is 0.465 e. The SMILES string of the molecule is COC(=O)c1cc(SCCc2ccccc2)ccc1N(c1ccccc1)S(=O)(=O)N1CCNCC1. The Hall–Kier alpha value is -2.85. The van der Waals surface area contributed by atoms with Gasteiger partial charge in [0.1, 0.15) is 0 Å². The number of carbonyl (C=O) groups is 1. The lowest BCUT2D eigenvalue weighted by atomic mass is 10.1. The van der Waals surface area contributed by atoms with Gasteiger partial charge in [-0.1, -0.05) is 48.5 Å². The number of nitrogens with one attached hydrogen (secondary N) is 1. The fraction of sp³-hybridized carbons (Fsp3) is 0.269. The minimum Gasteiger partial charge on any atom is -0.465 e. The summed E-state index contributed by atoms with van der Waals surface area (Å²) < 4.78 is 35.4. The maximum atomic E-state index is 13.8. The van der Waals surface area contributed by atoms with Gasteiger partial charge in [-0.25, -0.2) is 9.10 Å². The Kier molecular flexibility index (Phi) is 8.46. The van der Waals surface area contributed by atoms with Crippen molar-refractivity contribution in [2.45, 2.75) is 11.3 Å². The molecule has 1 saturated heterocycles. The van der Waals surface area contributed by atoms with E-state index < -0.39 is 16.2 Å². The van der Waals surface area contributed by atoms with Crippen molar-refractivity contribution in [1.29, 1.82) is 0 Å². The van der Waals surface area contributed by atoms with Crippen molar-refractivity contribution in [3.63, 3.8) is 0 Å². The molecule has 184 valence electrons. The van der Waals surface area contributed by atoms with Crippen molar-refractivity contribution in [3.05, 3.63) is 90.0 Å². The van der Waals surface area contributed by atoms with Crippen molar-refractivity contribution < 1.29 is 17.9 Å². The van der Waals surface area contributed by atoms with E-state index in [1.54, 1.807) is 48.2 Å². The highest BCUT2D eigenvalue weighted by Crippen LogP contribution is 2.36. The zero-order valence-corrected chi connectivity index (χ0v) is 21.2. The number of methoxy groups -OCH3 is 1. The molecule has 0 spiro atoms. The first-order valence-corrected chi connectivity index (χ1v) is 13.8. The second-order valence-corrected chi connectivity index (χ2v) is 11.0. The smallest absolute Gasteiger partial charge is 0.340 e. The van der Waals surface area contributed by atoms with Crippen LogP contribution in [0.15, 0.2) is 83.8 Å². The van der Waals surface area contributed by atoms with Gasteiger partial charge in [0.15, 0.2) is 0 Å². The summed E-state index contributed by atoms with van der Waals surface area (Å²) in [4.78, 5) is 13.7. The first-order chi connectivity index (χ1) is 17.0. The molecule has 1 fully saturated rings. The molecule has 7 nitrogen and oxygen atoms in total. The quantitative estimate of drug-likeness (QED) is 0.344. The summed E-state index contributed by atoms with van der Waals surface area (Å²) in [6, 6.07) is 24.3. The molecule has 0 unspecified atom stereocenters. The molecule has 3 aromatic carbocycles. The number of benzene rings is 3. The maximum Gasteiger partial charge on any atom is 0.340 e. The fourth-order valence-electron chi connectivity index (χ4n) is 3.94. The summed E-state index contributed by atoms with van der Waals surface area (Å²) in [5, 5.41) is 3.18. The average Bonchev–Trinajstić information content (AvgIpc) is 2.90. The Morgan fingerprint density at radius 3 is 2.31 bits per heavy atom. The molecule has 1 heterocycles. The molecule has 9 heteroatoms. The maximum absolute atomic E-state index is 13.8. The number of rotatable bonds is 9. The van der Waals surface area contributed by atoms with Crippen LogP contribution in [0.1, 0.15) is 15.9 Å². The summed E-state index contributed by atoms with van der Waals surface area (Å²) in [6.45, 7) is 1.85. The number of ether oxygens (including phenoxy) is 1. The Morgan fingerprint density at radius 2 is 1.66 bits per heavy atom.